The minimum absolute atomic E-state index is 0.0850. The van der Waals surface area contributed by atoms with Crippen molar-refractivity contribution in [2.24, 2.45) is 0 Å². The Bertz CT molecular complexity index is 452. The Morgan fingerprint density at radius 3 is 2.95 bits per heavy atom. The van der Waals surface area contributed by atoms with Gasteiger partial charge in [-0.05, 0) is 30.5 Å². The highest BCUT2D eigenvalue weighted by Gasteiger charge is 2.19. The molecule has 1 saturated heterocycles. The number of aliphatic carboxylic acids is 1. The number of methoxy groups -OCH3 is 1. The van der Waals surface area contributed by atoms with Crippen LogP contribution in [0.25, 0.3) is 0 Å². The molecule has 0 aliphatic carbocycles. The van der Waals surface area contributed by atoms with Gasteiger partial charge in [0.2, 0.25) is 0 Å². The van der Waals surface area contributed by atoms with Crippen LogP contribution in [0.2, 0.25) is 0 Å². The molecule has 1 fully saturated rings. The van der Waals surface area contributed by atoms with Crippen LogP contribution in [0.1, 0.15) is 24.8 Å². The van der Waals surface area contributed by atoms with Gasteiger partial charge in [-0.2, -0.15) is 0 Å². The minimum Gasteiger partial charge on any atom is -0.493 e. The summed E-state index contributed by atoms with van der Waals surface area (Å²) in [5.41, 5.74) is 1.05. The molecule has 0 aromatic heterocycles. The van der Waals surface area contributed by atoms with Gasteiger partial charge in [0, 0.05) is 12.8 Å². The van der Waals surface area contributed by atoms with E-state index in [1.165, 1.54) is 0 Å². The van der Waals surface area contributed by atoms with Crippen molar-refractivity contribution in [1.29, 1.82) is 0 Å². The Balaban J connectivity index is 1.97. The van der Waals surface area contributed by atoms with Crippen LogP contribution in [0.5, 0.6) is 11.5 Å². The molecule has 0 amide bonds. The van der Waals surface area contributed by atoms with Crippen LogP contribution in [-0.4, -0.2) is 37.5 Å². The van der Waals surface area contributed by atoms with Gasteiger partial charge in [0.1, 0.15) is 6.10 Å². The highest BCUT2D eigenvalue weighted by molar-refractivity contribution is 5.66. The molecule has 1 heterocycles. The van der Waals surface area contributed by atoms with Crippen molar-refractivity contribution in [3.8, 4) is 11.5 Å². The van der Waals surface area contributed by atoms with E-state index in [9.17, 15) is 4.79 Å². The van der Waals surface area contributed by atoms with Gasteiger partial charge in [0.05, 0.1) is 20.3 Å². The second-order valence-corrected chi connectivity index (χ2v) is 4.84. The molecule has 1 atom stereocenters. The summed E-state index contributed by atoms with van der Waals surface area (Å²) in [7, 11) is 1.61. The van der Waals surface area contributed by atoms with E-state index in [0.717, 1.165) is 25.0 Å². The van der Waals surface area contributed by atoms with Crippen molar-refractivity contribution in [2.75, 3.05) is 20.3 Å². The monoisotopic (exact) mass is 280 g/mol. The number of rotatable bonds is 7. The molecule has 1 aromatic carbocycles. The summed E-state index contributed by atoms with van der Waals surface area (Å²) >= 11 is 0. The third kappa shape index (κ3) is 4.13. The Morgan fingerprint density at radius 1 is 1.45 bits per heavy atom. The van der Waals surface area contributed by atoms with Crippen LogP contribution >= 0.6 is 0 Å². The summed E-state index contributed by atoms with van der Waals surface area (Å²) < 4.78 is 16.5. The van der Waals surface area contributed by atoms with Crippen LogP contribution in [0, 0.1) is 0 Å². The van der Waals surface area contributed by atoms with Crippen LogP contribution in [0.3, 0.4) is 0 Å². The van der Waals surface area contributed by atoms with E-state index in [1.54, 1.807) is 7.11 Å². The molecule has 1 aromatic rings. The van der Waals surface area contributed by atoms with Crippen molar-refractivity contribution in [2.45, 2.75) is 31.8 Å². The predicted octanol–water partition coefficient (Wildman–Crippen LogP) is 2.27. The van der Waals surface area contributed by atoms with Crippen molar-refractivity contribution in [3.05, 3.63) is 23.8 Å². The van der Waals surface area contributed by atoms with Crippen molar-refractivity contribution < 1.29 is 24.1 Å². The third-order valence-electron chi connectivity index (χ3n) is 3.27. The van der Waals surface area contributed by atoms with E-state index < -0.39 is 5.97 Å². The molecule has 1 aliphatic rings. The zero-order valence-electron chi connectivity index (χ0n) is 11.6. The number of carboxylic acid groups (broad SMARTS) is 1. The van der Waals surface area contributed by atoms with E-state index in [0.29, 0.717) is 24.5 Å². The first-order chi connectivity index (χ1) is 9.69. The maximum Gasteiger partial charge on any atom is 0.303 e. The summed E-state index contributed by atoms with van der Waals surface area (Å²) in [5.74, 6) is 0.632. The largest absolute Gasteiger partial charge is 0.493 e. The van der Waals surface area contributed by atoms with Crippen molar-refractivity contribution >= 4 is 5.97 Å². The maximum absolute atomic E-state index is 10.5. The van der Waals surface area contributed by atoms with E-state index >= 15 is 0 Å². The highest BCUT2D eigenvalue weighted by Crippen LogP contribution is 2.30. The SMILES string of the molecule is COc1cc(CCCC(=O)O)ccc1OC1CCOC1. The first kappa shape index (κ1) is 14.7. The Morgan fingerprint density at radius 2 is 2.30 bits per heavy atom. The smallest absolute Gasteiger partial charge is 0.303 e. The number of benzene rings is 1. The fourth-order valence-electron chi connectivity index (χ4n) is 2.19. The molecule has 110 valence electrons. The molecule has 1 unspecified atom stereocenters. The number of ether oxygens (including phenoxy) is 3. The van der Waals surface area contributed by atoms with Crippen molar-refractivity contribution in [3.63, 3.8) is 0 Å². The molecular formula is C15H20O5. The highest BCUT2D eigenvalue weighted by atomic mass is 16.6. The first-order valence-electron chi connectivity index (χ1n) is 6.82. The van der Waals surface area contributed by atoms with Crippen LogP contribution in [0.4, 0.5) is 0 Å². The molecule has 20 heavy (non-hydrogen) atoms. The van der Waals surface area contributed by atoms with Gasteiger partial charge in [0.15, 0.2) is 11.5 Å². The quantitative estimate of drug-likeness (QED) is 0.830. The molecule has 0 bridgehead atoms. The fourth-order valence-corrected chi connectivity index (χ4v) is 2.19. The number of hydrogen-bond acceptors (Lipinski definition) is 4. The van der Waals surface area contributed by atoms with Gasteiger partial charge in [-0.3, -0.25) is 4.79 Å². The molecule has 2 rings (SSSR count). The van der Waals surface area contributed by atoms with Gasteiger partial charge < -0.3 is 19.3 Å². The summed E-state index contributed by atoms with van der Waals surface area (Å²) in [5, 5.41) is 8.64. The van der Waals surface area contributed by atoms with Gasteiger partial charge in [-0.25, -0.2) is 0 Å². The molecule has 0 radical (unpaired) electrons. The van der Waals surface area contributed by atoms with E-state index in [-0.39, 0.29) is 12.5 Å². The summed E-state index contributed by atoms with van der Waals surface area (Å²) in [6.45, 7) is 1.35. The van der Waals surface area contributed by atoms with E-state index in [2.05, 4.69) is 0 Å². The maximum atomic E-state index is 10.5. The lowest BCUT2D eigenvalue weighted by Gasteiger charge is -2.15. The molecule has 0 saturated carbocycles. The topological polar surface area (TPSA) is 65.0 Å². The molecule has 0 spiro atoms. The summed E-state index contributed by atoms with van der Waals surface area (Å²) in [6.07, 6.45) is 2.50. The van der Waals surface area contributed by atoms with Crippen LogP contribution in [-0.2, 0) is 16.0 Å². The Kier molecular flexibility index (Phi) is 5.24. The Labute approximate surface area is 118 Å². The number of hydrogen-bond donors (Lipinski definition) is 1. The molecular weight excluding hydrogens is 260 g/mol. The van der Waals surface area contributed by atoms with Gasteiger partial charge in [-0.1, -0.05) is 6.07 Å². The van der Waals surface area contributed by atoms with Crippen LogP contribution < -0.4 is 9.47 Å². The second-order valence-electron chi connectivity index (χ2n) is 4.84. The van der Waals surface area contributed by atoms with Gasteiger partial charge in [-0.15, -0.1) is 0 Å². The number of aryl methyl sites for hydroxylation is 1. The molecule has 5 nitrogen and oxygen atoms in total. The normalized spacial score (nSPS) is 17.9. The fraction of sp³-hybridized carbons (Fsp3) is 0.533. The Hall–Kier alpha value is -1.75. The average Bonchev–Trinajstić information content (AvgIpc) is 2.93. The lowest BCUT2D eigenvalue weighted by atomic mass is 10.1. The number of carbonyl (C=O) groups is 1. The zero-order chi connectivity index (χ0) is 14.4. The second kappa shape index (κ2) is 7.14. The molecule has 5 heteroatoms. The van der Waals surface area contributed by atoms with Crippen LogP contribution in [0.15, 0.2) is 18.2 Å². The minimum atomic E-state index is -0.766. The molecule has 1 N–H and O–H groups in total. The lowest BCUT2D eigenvalue weighted by Crippen LogP contribution is -2.16. The van der Waals surface area contributed by atoms with E-state index in [4.69, 9.17) is 19.3 Å². The van der Waals surface area contributed by atoms with Gasteiger partial charge in [0.25, 0.3) is 0 Å². The number of carboxylic acids is 1. The zero-order valence-corrected chi connectivity index (χ0v) is 11.6. The van der Waals surface area contributed by atoms with E-state index in [1.807, 2.05) is 18.2 Å². The van der Waals surface area contributed by atoms with Crippen molar-refractivity contribution in [1.82, 2.24) is 0 Å². The summed E-state index contributed by atoms with van der Waals surface area (Å²) in [4.78, 5) is 10.5. The third-order valence-corrected chi connectivity index (χ3v) is 3.27. The van der Waals surface area contributed by atoms with Gasteiger partial charge >= 0.3 is 5.97 Å². The predicted molar refractivity (Wildman–Crippen MR) is 73.4 cm³/mol. The first-order valence-corrected chi connectivity index (χ1v) is 6.82. The molecule has 1 aliphatic heterocycles. The summed E-state index contributed by atoms with van der Waals surface area (Å²) in [6, 6.07) is 5.75. The average molecular weight is 280 g/mol. The lowest BCUT2D eigenvalue weighted by molar-refractivity contribution is -0.137. The standard InChI is InChI=1S/C15H20O5/c1-18-14-9-11(3-2-4-15(16)17)5-6-13(14)20-12-7-8-19-10-12/h5-6,9,12H,2-4,7-8,10H2,1H3,(H,16,17).